The number of amides is 1. The zero-order chi connectivity index (χ0) is 15.3. The summed E-state index contributed by atoms with van der Waals surface area (Å²) in [7, 11) is -3.28. The molecule has 0 saturated heterocycles. The number of carbonyl (C=O) groups excluding carboxylic acids is 1. The molecule has 0 atom stereocenters. The number of hydrogen-bond donors (Lipinski definition) is 2. The molecule has 0 fully saturated rings. The molecule has 0 bridgehead atoms. The van der Waals surface area contributed by atoms with Crippen LogP contribution in [0.4, 0.5) is 4.79 Å². The van der Waals surface area contributed by atoms with Gasteiger partial charge < -0.3 is 10.1 Å². The van der Waals surface area contributed by atoms with E-state index in [0.29, 0.717) is 6.42 Å². The lowest BCUT2D eigenvalue weighted by molar-refractivity contribution is 0.0474. The Hall–Kier alpha value is -0.820. The molecule has 0 radical (unpaired) electrons. The molecule has 0 heterocycles. The summed E-state index contributed by atoms with van der Waals surface area (Å²) in [6.45, 7) is 10.7. The van der Waals surface area contributed by atoms with Crippen molar-refractivity contribution < 1.29 is 17.9 Å². The predicted octanol–water partition coefficient (Wildman–Crippen LogP) is 1.62. The molecule has 7 heteroatoms. The van der Waals surface area contributed by atoms with E-state index in [2.05, 4.69) is 10.0 Å². The van der Waals surface area contributed by atoms with E-state index in [0.717, 1.165) is 0 Å². The standard InChI is InChI=1S/C12H26N2O4S/c1-7-8-19(16,17)13-9-12(5,6)14-10(15)18-11(2,3)4/h13H,7-9H2,1-6H3,(H,14,15). The van der Waals surface area contributed by atoms with E-state index in [1.165, 1.54) is 0 Å². The van der Waals surface area contributed by atoms with Crippen molar-refractivity contribution in [3.8, 4) is 0 Å². The van der Waals surface area contributed by atoms with E-state index in [4.69, 9.17) is 4.74 Å². The molecule has 114 valence electrons. The summed E-state index contributed by atoms with van der Waals surface area (Å²) in [6, 6.07) is 0. The Balaban J connectivity index is 4.37. The van der Waals surface area contributed by atoms with Crippen molar-refractivity contribution in [3.05, 3.63) is 0 Å². The van der Waals surface area contributed by atoms with Gasteiger partial charge in [0.2, 0.25) is 10.0 Å². The van der Waals surface area contributed by atoms with Crippen molar-refractivity contribution >= 4 is 16.1 Å². The minimum atomic E-state index is -3.28. The van der Waals surface area contributed by atoms with Gasteiger partial charge in [-0.1, -0.05) is 6.92 Å². The zero-order valence-electron chi connectivity index (χ0n) is 12.7. The third kappa shape index (κ3) is 9.72. The van der Waals surface area contributed by atoms with Gasteiger partial charge in [0.05, 0.1) is 11.3 Å². The second kappa shape index (κ2) is 6.56. The van der Waals surface area contributed by atoms with Gasteiger partial charge in [0.15, 0.2) is 0 Å². The zero-order valence-corrected chi connectivity index (χ0v) is 13.5. The molecule has 0 aromatic carbocycles. The highest BCUT2D eigenvalue weighted by Gasteiger charge is 2.25. The van der Waals surface area contributed by atoms with Gasteiger partial charge in [-0.15, -0.1) is 0 Å². The highest BCUT2D eigenvalue weighted by atomic mass is 32.2. The monoisotopic (exact) mass is 294 g/mol. The van der Waals surface area contributed by atoms with Gasteiger partial charge in [-0.25, -0.2) is 17.9 Å². The van der Waals surface area contributed by atoms with E-state index < -0.39 is 27.3 Å². The quantitative estimate of drug-likeness (QED) is 0.779. The topological polar surface area (TPSA) is 84.5 Å². The van der Waals surface area contributed by atoms with Gasteiger partial charge in [-0.2, -0.15) is 0 Å². The van der Waals surface area contributed by atoms with Crippen molar-refractivity contribution in [1.29, 1.82) is 0 Å². The largest absolute Gasteiger partial charge is 0.444 e. The van der Waals surface area contributed by atoms with Crippen LogP contribution in [-0.4, -0.2) is 37.9 Å². The lowest BCUT2D eigenvalue weighted by Gasteiger charge is -2.28. The fourth-order valence-electron chi connectivity index (χ4n) is 1.26. The molecule has 1 amide bonds. The molecular weight excluding hydrogens is 268 g/mol. The van der Waals surface area contributed by atoms with Gasteiger partial charge in [-0.05, 0) is 41.0 Å². The Morgan fingerprint density at radius 1 is 1.16 bits per heavy atom. The maximum atomic E-state index is 11.6. The van der Waals surface area contributed by atoms with Crippen LogP contribution in [0.15, 0.2) is 0 Å². The van der Waals surface area contributed by atoms with Crippen LogP contribution in [0, 0.1) is 0 Å². The molecule has 0 unspecified atom stereocenters. The summed E-state index contributed by atoms with van der Waals surface area (Å²) in [5.41, 5.74) is -1.30. The summed E-state index contributed by atoms with van der Waals surface area (Å²) >= 11 is 0. The minimum Gasteiger partial charge on any atom is -0.444 e. The van der Waals surface area contributed by atoms with Gasteiger partial charge in [-0.3, -0.25) is 0 Å². The number of ether oxygens (including phenoxy) is 1. The maximum Gasteiger partial charge on any atom is 0.408 e. The first kappa shape index (κ1) is 18.2. The molecule has 0 saturated carbocycles. The number of rotatable bonds is 6. The van der Waals surface area contributed by atoms with E-state index in [9.17, 15) is 13.2 Å². The summed E-state index contributed by atoms with van der Waals surface area (Å²) in [5.74, 6) is 0.0789. The number of hydrogen-bond acceptors (Lipinski definition) is 4. The van der Waals surface area contributed by atoms with Crippen LogP contribution in [-0.2, 0) is 14.8 Å². The van der Waals surface area contributed by atoms with E-state index in [1.807, 2.05) is 0 Å². The molecule has 0 rings (SSSR count). The number of nitrogens with one attached hydrogen (secondary N) is 2. The van der Waals surface area contributed by atoms with Crippen LogP contribution in [0.1, 0.15) is 48.0 Å². The lowest BCUT2D eigenvalue weighted by Crippen LogP contribution is -2.52. The predicted molar refractivity (Wildman–Crippen MR) is 75.5 cm³/mol. The van der Waals surface area contributed by atoms with Crippen LogP contribution in [0.25, 0.3) is 0 Å². The van der Waals surface area contributed by atoms with Crippen molar-refractivity contribution in [1.82, 2.24) is 10.0 Å². The summed E-state index contributed by atoms with van der Waals surface area (Å²) in [6.07, 6.45) is -0.0119. The van der Waals surface area contributed by atoms with Crippen LogP contribution in [0.2, 0.25) is 0 Å². The fraction of sp³-hybridized carbons (Fsp3) is 0.917. The molecule has 6 nitrogen and oxygen atoms in total. The first-order valence-electron chi connectivity index (χ1n) is 6.35. The van der Waals surface area contributed by atoms with Crippen molar-refractivity contribution in [2.45, 2.75) is 59.1 Å². The second-order valence-corrected chi connectivity index (χ2v) is 8.08. The SMILES string of the molecule is CCCS(=O)(=O)NCC(C)(C)NC(=O)OC(C)(C)C. The normalized spacial score (nSPS) is 13.2. The van der Waals surface area contributed by atoms with Crippen LogP contribution in [0.3, 0.4) is 0 Å². The second-order valence-electron chi connectivity index (χ2n) is 6.15. The molecule has 0 spiro atoms. The molecule has 0 aliphatic carbocycles. The fourth-order valence-corrected chi connectivity index (χ4v) is 2.52. The maximum absolute atomic E-state index is 11.6. The molecule has 0 aliphatic heterocycles. The van der Waals surface area contributed by atoms with Crippen LogP contribution in [0.5, 0.6) is 0 Å². The highest BCUT2D eigenvalue weighted by molar-refractivity contribution is 7.89. The third-order valence-corrected chi connectivity index (χ3v) is 3.58. The van der Waals surface area contributed by atoms with E-state index in [-0.39, 0.29) is 12.3 Å². The van der Waals surface area contributed by atoms with E-state index >= 15 is 0 Å². The van der Waals surface area contributed by atoms with Crippen LogP contribution < -0.4 is 10.0 Å². The van der Waals surface area contributed by atoms with Crippen molar-refractivity contribution in [2.75, 3.05) is 12.3 Å². The van der Waals surface area contributed by atoms with E-state index in [1.54, 1.807) is 41.5 Å². The van der Waals surface area contributed by atoms with Crippen molar-refractivity contribution in [3.63, 3.8) is 0 Å². The average molecular weight is 294 g/mol. The van der Waals surface area contributed by atoms with Crippen LogP contribution >= 0.6 is 0 Å². The van der Waals surface area contributed by atoms with Gasteiger partial charge in [0, 0.05) is 6.54 Å². The third-order valence-electron chi connectivity index (χ3n) is 2.05. The highest BCUT2D eigenvalue weighted by Crippen LogP contribution is 2.09. The Morgan fingerprint density at radius 3 is 2.11 bits per heavy atom. The smallest absolute Gasteiger partial charge is 0.408 e. The summed E-state index contributed by atoms with van der Waals surface area (Å²) < 4.78 is 30.7. The first-order chi connectivity index (χ1) is 8.37. The number of carbonyl (C=O) groups is 1. The van der Waals surface area contributed by atoms with Gasteiger partial charge in [0.25, 0.3) is 0 Å². The Morgan fingerprint density at radius 2 is 1.68 bits per heavy atom. The lowest BCUT2D eigenvalue weighted by atomic mass is 10.1. The van der Waals surface area contributed by atoms with Gasteiger partial charge >= 0.3 is 6.09 Å². The molecule has 19 heavy (non-hydrogen) atoms. The number of sulfonamides is 1. The summed E-state index contributed by atoms with van der Waals surface area (Å²) in [5, 5.41) is 2.64. The average Bonchev–Trinajstić information content (AvgIpc) is 2.10. The first-order valence-corrected chi connectivity index (χ1v) is 8.00. The molecule has 2 N–H and O–H groups in total. The Kier molecular flexibility index (Phi) is 6.28. The van der Waals surface area contributed by atoms with Crippen molar-refractivity contribution in [2.24, 2.45) is 0 Å². The summed E-state index contributed by atoms with van der Waals surface area (Å²) in [4.78, 5) is 11.6. The molecular formula is C12H26N2O4S. The minimum absolute atomic E-state index is 0.0789. The molecule has 0 aromatic rings. The Labute approximate surface area is 116 Å². The molecule has 0 aliphatic rings. The number of alkyl carbamates (subject to hydrolysis) is 1. The molecule has 0 aromatic heterocycles. The van der Waals surface area contributed by atoms with Gasteiger partial charge in [0.1, 0.15) is 5.60 Å². The Bertz CT molecular complexity index is 396.